The monoisotopic (exact) mass is 484 g/mol. The van der Waals surface area contributed by atoms with Crippen LogP contribution in [0.4, 0.5) is 0 Å². The highest BCUT2D eigenvalue weighted by atomic mass is 79.9. The van der Waals surface area contributed by atoms with Crippen LogP contribution in [-0.4, -0.2) is 22.2 Å². The van der Waals surface area contributed by atoms with Crippen LogP contribution < -0.4 is 4.50 Å². The lowest BCUT2D eigenvalue weighted by Gasteiger charge is -2.36. The van der Waals surface area contributed by atoms with Gasteiger partial charge in [-0.3, -0.25) is 4.79 Å². The van der Waals surface area contributed by atoms with E-state index in [-0.39, 0.29) is 10.8 Å². The average molecular weight is 486 g/mol. The highest BCUT2D eigenvalue weighted by molar-refractivity contribution is 9.12. The third-order valence-corrected chi connectivity index (χ3v) is 14.8. The Labute approximate surface area is 180 Å². The maximum atomic E-state index is 12.7. The van der Waals surface area contributed by atoms with Crippen molar-refractivity contribution in [2.45, 2.75) is 79.0 Å². The second kappa shape index (κ2) is 8.92. The summed E-state index contributed by atoms with van der Waals surface area (Å²) in [5.74, 6) is 2.54. The van der Waals surface area contributed by atoms with Crippen molar-refractivity contribution in [3.8, 4) is 10.8 Å². The van der Waals surface area contributed by atoms with E-state index >= 15 is 0 Å². The fourth-order valence-electron chi connectivity index (χ4n) is 2.50. The summed E-state index contributed by atoms with van der Waals surface area (Å²) in [6.07, 6.45) is 2.07. The van der Waals surface area contributed by atoms with Crippen LogP contribution in [0.15, 0.2) is 6.08 Å². The van der Waals surface area contributed by atoms with Gasteiger partial charge in [-0.25, -0.2) is 0 Å². The molecule has 0 N–H and O–H groups in total. The molecule has 27 heavy (non-hydrogen) atoms. The minimum absolute atomic E-state index is 0.119. The normalized spacial score (nSPS) is 13.4. The summed E-state index contributed by atoms with van der Waals surface area (Å²) in [5.41, 5.74) is 3.36. The third-order valence-electron chi connectivity index (χ3n) is 5.27. The number of Topliss-reactive ketones (excluding diaryl/α,β-unsaturated/α-hetero) is 1. The number of hydrogen-bond donors (Lipinski definition) is 0. The Morgan fingerprint density at radius 3 is 2.19 bits per heavy atom. The number of ketones is 1. The van der Waals surface area contributed by atoms with Gasteiger partial charge >= 0.3 is 0 Å². The maximum Gasteiger partial charge on any atom is 0.247 e. The van der Waals surface area contributed by atoms with E-state index < -0.39 is 16.4 Å². The minimum Gasteiger partial charge on any atom is -0.413 e. The zero-order chi connectivity index (χ0) is 21.2. The summed E-state index contributed by atoms with van der Waals surface area (Å²) in [6, 6.07) is 0. The van der Waals surface area contributed by atoms with Crippen LogP contribution in [0.1, 0.15) is 55.4 Å². The lowest BCUT2D eigenvalue weighted by atomic mass is 10.0. The Hall–Kier alpha value is -0.456. The summed E-state index contributed by atoms with van der Waals surface area (Å²) in [6.45, 7) is 23.0. The van der Waals surface area contributed by atoms with Crippen LogP contribution in [-0.2, 0) is 11.0 Å². The molecule has 0 amide bonds. The fourth-order valence-corrected chi connectivity index (χ4v) is 7.27. The average Bonchev–Trinajstić information content (AvgIpc) is 2.91. The molecule has 0 atom stereocenters. The van der Waals surface area contributed by atoms with Crippen LogP contribution in [0.25, 0.3) is 5.57 Å². The van der Waals surface area contributed by atoms with Crippen molar-refractivity contribution in [1.82, 2.24) is 0 Å². The van der Waals surface area contributed by atoms with Gasteiger partial charge in [0.2, 0.25) is 5.78 Å². The summed E-state index contributed by atoms with van der Waals surface area (Å²) in [4.78, 5) is 16.0. The molecular weight excluding hydrogens is 452 g/mol. The van der Waals surface area contributed by atoms with Crippen molar-refractivity contribution in [3.05, 3.63) is 22.1 Å². The predicted octanol–water partition coefficient (Wildman–Crippen LogP) is 6.78. The highest BCUT2D eigenvalue weighted by Crippen LogP contribution is 2.38. The zero-order valence-corrected chi connectivity index (χ0v) is 22.8. The Kier molecular flexibility index (Phi) is 8.12. The van der Waals surface area contributed by atoms with Crippen LogP contribution >= 0.6 is 27.3 Å². The maximum absolute atomic E-state index is 12.7. The standard InChI is InChI=1S/C21H33BrO2SSi2/c1-11-15(2)18-16(14-24-27(9,10)21(3,4)5)20(26(6,7)8)25-19(18)17(23)12-13-22/h11H,14H2,1-10H3/b15-11+. The largest absolute Gasteiger partial charge is 0.413 e. The number of allylic oxidation sites excluding steroid dienone is 2. The van der Waals surface area contributed by atoms with Gasteiger partial charge in [0.25, 0.3) is 0 Å². The van der Waals surface area contributed by atoms with Gasteiger partial charge in [0.05, 0.1) is 19.6 Å². The first-order valence-electron chi connectivity index (χ1n) is 9.26. The number of thiophene rings is 1. The van der Waals surface area contributed by atoms with E-state index in [2.05, 4.69) is 93.2 Å². The second-order valence-electron chi connectivity index (χ2n) is 9.43. The van der Waals surface area contributed by atoms with Crippen LogP contribution in [0.5, 0.6) is 0 Å². The van der Waals surface area contributed by atoms with E-state index in [9.17, 15) is 4.79 Å². The Morgan fingerprint density at radius 1 is 1.22 bits per heavy atom. The van der Waals surface area contributed by atoms with E-state index in [4.69, 9.17) is 4.43 Å². The van der Waals surface area contributed by atoms with Crippen molar-refractivity contribution >= 4 is 59.5 Å². The molecule has 0 bridgehead atoms. The summed E-state index contributed by atoms with van der Waals surface area (Å²) in [5, 5.41) is 0.151. The molecule has 0 aliphatic heterocycles. The second-order valence-corrected chi connectivity index (χ2v) is 21.0. The molecule has 0 unspecified atom stereocenters. The number of hydrogen-bond acceptors (Lipinski definition) is 3. The van der Waals surface area contributed by atoms with Gasteiger partial charge in [-0.15, -0.1) is 11.3 Å². The molecule has 0 saturated carbocycles. The number of carbonyl (C=O) groups is 1. The van der Waals surface area contributed by atoms with Crippen LogP contribution in [0, 0.1) is 10.8 Å². The molecule has 0 spiro atoms. The first-order valence-corrected chi connectivity index (χ1v) is 17.3. The van der Waals surface area contributed by atoms with Gasteiger partial charge in [-0.05, 0) is 58.4 Å². The van der Waals surface area contributed by atoms with Crippen molar-refractivity contribution < 1.29 is 9.22 Å². The molecule has 1 aromatic heterocycles. The molecule has 0 aliphatic rings. The van der Waals surface area contributed by atoms with Gasteiger partial charge in [-0.1, -0.05) is 46.5 Å². The first-order chi connectivity index (χ1) is 12.2. The number of halogens is 1. The lowest BCUT2D eigenvalue weighted by molar-refractivity contribution is 0.106. The van der Waals surface area contributed by atoms with E-state index in [1.807, 2.05) is 6.92 Å². The molecule has 0 aromatic carbocycles. The fraction of sp³-hybridized carbons (Fsp3) is 0.571. The van der Waals surface area contributed by atoms with Crippen molar-refractivity contribution in [2.75, 3.05) is 0 Å². The molecule has 150 valence electrons. The van der Waals surface area contributed by atoms with Crippen molar-refractivity contribution in [3.63, 3.8) is 0 Å². The third kappa shape index (κ3) is 5.77. The molecule has 1 heterocycles. The van der Waals surface area contributed by atoms with Gasteiger partial charge in [0.1, 0.15) is 0 Å². The van der Waals surface area contributed by atoms with Gasteiger partial charge in [0.15, 0.2) is 8.32 Å². The SMILES string of the molecule is C/C=C(\C)c1c(C(=O)C#CBr)sc([Si](C)(C)C)c1CO[Si](C)(C)C(C)(C)C. The van der Waals surface area contributed by atoms with Gasteiger partial charge < -0.3 is 4.43 Å². The zero-order valence-electron chi connectivity index (χ0n) is 18.4. The summed E-state index contributed by atoms with van der Waals surface area (Å²) >= 11 is 4.69. The quantitative estimate of drug-likeness (QED) is 0.252. The van der Waals surface area contributed by atoms with Crippen molar-refractivity contribution in [2.24, 2.45) is 0 Å². The molecule has 1 rings (SSSR count). The lowest BCUT2D eigenvalue weighted by Crippen LogP contribution is -2.42. The minimum atomic E-state index is -1.89. The molecule has 0 saturated heterocycles. The van der Waals surface area contributed by atoms with E-state index in [0.717, 1.165) is 16.0 Å². The Balaban J connectivity index is 3.63. The van der Waals surface area contributed by atoms with Gasteiger partial charge in [0, 0.05) is 21.5 Å². The first kappa shape index (κ1) is 24.6. The smallest absolute Gasteiger partial charge is 0.247 e. The number of carbonyl (C=O) groups excluding carboxylic acids is 1. The predicted molar refractivity (Wildman–Crippen MR) is 130 cm³/mol. The Morgan fingerprint density at radius 2 is 1.78 bits per heavy atom. The van der Waals surface area contributed by atoms with E-state index in [1.165, 1.54) is 10.1 Å². The summed E-state index contributed by atoms with van der Waals surface area (Å²) < 4.78 is 7.93. The van der Waals surface area contributed by atoms with Gasteiger partial charge in [-0.2, -0.15) is 0 Å². The van der Waals surface area contributed by atoms with E-state index in [0.29, 0.717) is 6.61 Å². The summed E-state index contributed by atoms with van der Waals surface area (Å²) in [7, 11) is -3.53. The molecule has 0 radical (unpaired) electrons. The van der Waals surface area contributed by atoms with Crippen LogP contribution in [0.2, 0.25) is 37.8 Å². The topological polar surface area (TPSA) is 26.3 Å². The molecule has 0 aliphatic carbocycles. The molecule has 2 nitrogen and oxygen atoms in total. The molecule has 6 heteroatoms. The van der Waals surface area contributed by atoms with E-state index in [1.54, 1.807) is 11.3 Å². The number of rotatable bonds is 6. The van der Waals surface area contributed by atoms with Crippen LogP contribution in [0.3, 0.4) is 0 Å². The molecule has 0 fully saturated rings. The molecular formula is C21H33BrO2SSi2. The van der Waals surface area contributed by atoms with Crippen molar-refractivity contribution in [1.29, 1.82) is 0 Å². The highest BCUT2D eigenvalue weighted by Gasteiger charge is 2.38. The molecule has 1 aromatic rings. The Bertz CT molecular complexity index is 797.